The van der Waals surface area contributed by atoms with Gasteiger partial charge in [-0.2, -0.15) is 0 Å². The fourth-order valence-electron chi connectivity index (χ4n) is 2.01. The second kappa shape index (κ2) is 8.12. The molecule has 0 radical (unpaired) electrons. The maximum atomic E-state index is 10.5. The van der Waals surface area contributed by atoms with Crippen LogP contribution in [0.4, 0.5) is 0 Å². The lowest BCUT2D eigenvalue weighted by molar-refractivity contribution is 0.0386. The zero-order valence-electron chi connectivity index (χ0n) is 13.8. The summed E-state index contributed by atoms with van der Waals surface area (Å²) in [5, 5.41) is 19.9. The Morgan fingerprint density at radius 2 is 2.26 bits per heavy atom. The Labute approximate surface area is 140 Å². The summed E-state index contributed by atoms with van der Waals surface area (Å²) in [5.41, 5.74) is -0.141. The molecule has 0 saturated carbocycles. The first-order valence-electron chi connectivity index (χ1n) is 7.77. The summed E-state index contributed by atoms with van der Waals surface area (Å²) in [7, 11) is 0. The number of nitrogens with one attached hydrogen (secondary N) is 2. The topological polar surface area (TPSA) is 82.7 Å². The van der Waals surface area contributed by atoms with Crippen LogP contribution in [0.25, 0.3) is 0 Å². The highest BCUT2D eigenvalue weighted by Crippen LogP contribution is 2.19. The molecule has 0 fully saturated rings. The lowest BCUT2D eigenvalue weighted by Gasteiger charge is -2.22. The maximum Gasteiger partial charge on any atom is 0.191 e. The van der Waals surface area contributed by atoms with Crippen molar-refractivity contribution in [3.63, 3.8) is 0 Å². The molecule has 2 rings (SSSR count). The van der Waals surface area contributed by atoms with E-state index in [-0.39, 0.29) is 0 Å². The van der Waals surface area contributed by atoms with Crippen molar-refractivity contribution in [3.05, 3.63) is 40.2 Å². The molecule has 7 heteroatoms. The van der Waals surface area contributed by atoms with Gasteiger partial charge in [0.1, 0.15) is 11.4 Å². The average molecular weight is 336 g/mol. The lowest BCUT2D eigenvalue weighted by atomic mass is 10.0. The standard InChI is InChI=1S/C16H24N4O2S/c1-4-14-20-12(10-23-14)9-18-15(17-5-2)19-11-16(3,21)13-7-6-8-22-13/h6-8,10,21H,4-5,9,11H2,1-3H3,(H2,17,18,19). The Balaban J connectivity index is 1.96. The molecular formula is C16H24N4O2S. The summed E-state index contributed by atoms with van der Waals surface area (Å²) in [5.74, 6) is 1.17. The third kappa shape index (κ3) is 5.07. The molecule has 0 aliphatic heterocycles. The largest absolute Gasteiger partial charge is 0.466 e. The first-order valence-corrected chi connectivity index (χ1v) is 8.65. The Morgan fingerprint density at radius 1 is 1.43 bits per heavy atom. The molecule has 23 heavy (non-hydrogen) atoms. The normalized spacial score (nSPS) is 14.5. The number of hydrogen-bond donors (Lipinski definition) is 3. The summed E-state index contributed by atoms with van der Waals surface area (Å²) < 4.78 is 5.28. The average Bonchev–Trinajstić information content (AvgIpc) is 3.21. The summed E-state index contributed by atoms with van der Waals surface area (Å²) in [6.07, 6.45) is 2.50. The fourth-order valence-corrected chi connectivity index (χ4v) is 2.75. The molecule has 0 saturated heterocycles. The number of rotatable bonds is 7. The van der Waals surface area contributed by atoms with Crippen molar-refractivity contribution in [1.29, 1.82) is 0 Å². The second-order valence-electron chi connectivity index (χ2n) is 5.39. The Morgan fingerprint density at radius 3 is 2.87 bits per heavy atom. The van der Waals surface area contributed by atoms with Crippen molar-refractivity contribution in [2.45, 2.75) is 39.3 Å². The third-order valence-corrected chi connectivity index (χ3v) is 4.34. The van der Waals surface area contributed by atoms with Crippen molar-refractivity contribution in [2.24, 2.45) is 4.99 Å². The molecule has 0 aromatic carbocycles. The van der Waals surface area contributed by atoms with E-state index in [1.807, 2.05) is 12.3 Å². The van der Waals surface area contributed by atoms with Gasteiger partial charge in [-0.05, 0) is 32.4 Å². The maximum absolute atomic E-state index is 10.5. The van der Waals surface area contributed by atoms with Crippen LogP contribution in [-0.4, -0.2) is 29.1 Å². The molecule has 2 aromatic heterocycles. The first-order chi connectivity index (χ1) is 11.0. The summed E-state index contributed by atoms with van der Waals surface area (Å²) in [4.78, 5) is 9.01. The van der Waals surface area contributed by atoms with Crippen LogP contribution < -0.4 is 10.6 Å². The lowest BCUT2D eigenvalue weighted by Crippen LogP contribution is -2.44. The van der Waals surface area contributed by atoms with Crippen molar-refractivity contribution in [2.75, 3.05) is 13.1 Å². The molecule has 2 heterocycles. The Hall–Kier alpha value is -1.86. The van der Waals surface area contributed by atoms with E-state index in [1.165, 1.54) is 0 Å². The number of aromatic nitrogens is 1. The Bertz CT molecular complexity index is 620. The minimum Gasteiger partial charge on any atom is -0.466 e. The van der Waals surface area contributed by atoms with Crippen LogP contribution in [0.2, 0.25) is 0 Å². The molecular weight excluding hydrogens is 312 g/mol. The van der Waals surface area contributed by atoms with Crippen molar-refractivity contribution < 1.29 is 9.52 Å². The highest BCUT2D eigenvalue weighted by molar-refractivity contribution is 7.09. The van der Waals surface area contributed by atoms with E-state index in [1.54, 1.807) is 36.7 Å². The predicted octanol–water partition coefficient (Wildman–Crippen LogP) is 2.26. The van der Waals surface area contributed by atoms with Gasteiger partial charge in [-0.15, -0.1) is 11.3 Å². The molecule has 1 atom stereocenters. The van der Waals surface area contributed by atoms with E-state index in [4.69, 9.17) is 4.42 Å². The number of aliphatic hydroxyl groups is 1. The van der Waals surface area contributed by atoms with Gasteiger partial charge in [0.05, 0.1) is 30.1 Å². The van der Waals surface area contributed by atoms with Gasteiger partial charge in [0.15, 0.2) is 5.96 Å². The highest BCUT2D eigenvalue weighted by Gasteiger charge is 2.26. The van der Waals surface area contributed by atoms with Crippen molar-refractivity contribution in [3.8, 4) is 0 Å². The summed E-state index contributed by atoms with van der Waals surface area (Å²) in [6, 6.07) is 3.52. The minimum absolute atomic E-state index is 0.295. The molecule has 3 N–H and O–H groups in total. The SMILES string of the molecule is CCNC(=NCc1csc(CC)n1)NCC(C)(O)c1ccco1. The summed E-state index contributed by atoms with van der Waals surface area (Å²) >= 11 is 1.66. The number of hydrogen-bond acceptors (Lipinski definition) is 5. The quantitative estimate of drug-likeness (QED) is 0.534. The van der Waals surface area contributed by atoms with E-state index >= 15 is 0 Å². The smallest absolute Gasteiger partial charge is 0.191 e. The number of aryl methyl sites for hydroxylation is 1. The number of nitrogens with zero attached hydrogens (tertiary/aromatic N) is 2. The number of aliphatic imine (C=N–C) groups is 1. The number of thiazole rings is 1. The molecule has 0 spiro atoms. The summed E-state index contributed by atoms with van der Waals surface area (Å²) in [6.45, 7) is 7.34. The van der Waals surface area contributed by atoms with Crippen LogP contribution in [0.3, 0.4) is 0 Å². The predicted molar refractivity (Wildman–Crippen MR) is 92.6 cm³/mol. The monoisotopic (exact) mass is 336 g/mol. The number of furan rings is 1. The fraction of sp³-hybridized carbons (Fsp3) is 0.500. The van der Waals surface area contributed by atoms with Crippen LogP contribution in [0.15, 0.2) is 33.2 Å². The molecule has 0 aliphatic carbocycles. The van der Waals surface area contributed by atoms with Gasteiger partial charge in [-0.1, -0.05) is 6.92 Å². The highest BCUT2D eigenvalue weighted by atomic mass is 32.1. The molecule has 0 aliphatic rings. The number of guanidine groups is 1. The van der Waals surface area contributed by atoms with Gasteiger partial charge >= 0.3 is 0 Å². The van der Waals surface area contributed by atoms with Crippen LogP contribution in [0.5, 0.6) is 0 Å². The van der Waals surface area contributed by atoms with Gasteiger partial charge in [0.2, 0.25) is 0 Å². The van der Waals surface area contributed by atoms with E-state index in [0.29, 0.717) is 24.8 Å². The zero-order valence-corrected chi connectivity index (χ0v) is 14.6. The van der Waals surface area contributed by atoms with Crippen molar-refractivity contribution in [1.82, 2.24) is 15.6 Å². The second-order valence-corrected chi connectivity index (χ2v) is 6.33. The third-order valence-electron chi connectivity index (χ3n) is 3.30. The molecule has 0 bridgehead atoms. The van der Waals surface area contributed by atoms with Gasteiger partial charge in [-0.3, -0.25) is 0 Å². The molecule has 1 unspecified atom stereocenters. The zero-order chi connectivity index (χ0) is 16.7. The minimum atomic E-state index is -1.10. The van der Waals surface area contributed by atoms with E-state index in [0.717, 1.165) is 23.7 Å². The van der Waals surface area contributed by atoms with E-state index in [9.17, 15) is 5.11 Å². The van der Waals surface area contributed by atoms with Gasteiger partial charge < -0.3 is 20.2 Å². The van der Waals surface area contributed by atoms with Gasteiger partial charge in [0.25, 0.3) is 0 Å². The van der Waals surface area contributed by atoms with Crippen molar-refractivity contribution >= 4 is 17.3 Å². The first kappa shape index (κ1) is 17.5. The van der Waals surface area contributed by atoms with Crippen LogP contribution in [0, 0.1) is 0 Å². The van der Waals surface area contributed by atoms with Gasteiger partial charge in [-0.25, -0.2) is 9.98 Å². The van der Waals surface area contributed by atoms with E-state index in [2.05, 4.69) is 27.5 Å². The van der Waals surface area contributed by atoms with Crippen LogP contribution in [0.1, 0.15) is 37.2 Å². The Kier molecular flexibility index (Phi) is 6.18. The molecule has 6 nitrogen and oxygen atoms in total. The van der Waals surface area contributed by atoms with Gasteiger partial charge in [0, 0.05) is 11.9 Å². The molecule has 126 valence electrons. The molecule has 2 aromatic rings. The van der Waals surface area contributed by atoms with Crippen LogP contribution >= 0.6 is 11.3 Å². The van der Waals surface area contributed by atoms with Crippen LogP contribution in [-0.2, 0) is 18.6 Å². The van der Waals surface area contributed by atoms with E-state index < -0.39 is 5.60 Å². The molecule has 0 amide bonds.